The fourth-order valence-electron chi connectivity index (χ4n) is 1.85. The third-order valence-corrected chi connectivity index (χ3v) is 2.62. The molecule has 1 aliphatic rings. The lowest BCUT2D eigenvalue weighted by Crippen LogP contribution is -2.22. The summed E-state index contributed by atoms with van der Waals surface area (Å²) in [5, 5.41) is 3.35. The van der Waals surface area contributed by atoms with E-state index >= 15 is 0 Å². The van der Waals surface area contributed by atoms with Crippen molar-refractivity contribution in [3.05, 3.63) is 28.4 Å². The van der Waals surface area contributed by atoms with Gasteiger partial charge in [0.1, 0.15) is 5.82 Å². The van der Waals surface area contributed by atoms with Crippen molar-refractivity contribution in [2.45, 2.75) is 25.2 Å². The van der Waals surface area contributed by atoms with Gasteiger partial charge in [-0.2, -0.15) is 0 Å². The van der Waals surface area contributed by atoms with Crippen LogP contribution < -0.4 is 10.9 Å². The van der Waals surface area contributed by atoms with E-state index in [2.05, 4.69) is 15.3 Å². The smallest absolute Gasteiger partial charge is 0.250 e. The minimum Gasteiger partial charge on any atom is -0.316 e. The third-order valence-electron chi connectivity index (χ3n) is 2.62. The fourth-order valence-corrected chi connectivity index (χ4v) is 1.85. The number of rotatable bonds is 1. The van der Waals surface area contributed by atoms with Gasteiger partial charge in [0.05, 0.1) is 0 Å². The SMILES string of the molecule is O=c1ccnc(C2CCCCNC2)[nH]1. The molecule has 1 aromatic heterocycles. The Labute approximate surface area is 82.8 Å². The molecule has 0 bridgehead atoms. The molecular weight excluding hydrogens is 178 g/mol. The first-order chi connectivity index (χ1) is 6.86. The van der Waals surface area contributed by atoms with E-state index in [4.69, 9.17) is 0 Å². The van der Waals surface area contributed by atoms with Crippen LogP contribution in [0.25, 0.3) is 0 Å². The quantitative estimate of drug-likeness (QED) is 0.687. The minimum atomic E-state index is -0.0563. The molecule has 0 aliphatic carbocycles. The molecule has 0 radical (unpaired) electrons. The van der Waals surface area contributed by atoms with Crippen LogP contribution in [0.1, 0.15) is 31.0 Å². The van der Waals surface area contributed by atoms with Gasteiger partial charge in [0.2, 0.25) is 0 Å². The average molecular weight is 193 g/mol. The van der Waals surface area contributed by atoms with Crippen LogP contribution in [-0.4, -0.2) is 23.1 Å². The number of hydrogen-bond acceptors (Lipinski definition) is 3. The summed E-state index contributed by atoms with van der Waals surface area (Å²) in [6.45, 7) is 2.00. The Morgan fingerprint density at radius 1 is 1.43 bits per heavy atom. The Morgan fingerprint density at radius 2 is 2.36 bits per heavy atom. The summed E-state index contributed by atoms with van der Waals surface area (Å²) in [6.07, 6.45) is 5.11. The molecule has 1 unspecified atom stereocenters. The predicted octanol–water partition coefficient (Wildman–Crippen LogP) is 0.627. The molecule has 2 N–H and O–H groups in total. The standard InChI is InChI=1S/C10H15N3O/c14-9-4-6-12-10(13-9)8-3-1-2-5-11-7-8/h4,6,8,11H,1-3,5,7H2,(H,12,13,14). The van der Waals surface area contributed by atoms with E-state index in [1.165, 1.54) is 18.9 Å². The van der Waals surface area contributed by atoms with E-state index < -0.39 is 0 Å². The molecule has 0 saturated carbocycles. The Morgan fingerprint density at radius 3 is 3.21 bits per heavy atom. The second-order valence-electron chi connectivity index (χ2n) is 3.72. The number of H-pyrrole nitrogens is 1. The number of aromatic amines is 1. The molecule has 76 valence electrons. The zero-order valence-electron chi connectivity index (χ0n) is 8.12. The van der Waals surface area contributed by atoms with Gasteiger partial charge in [-0.05, 0) is 19.4 Å². The van der Waals surface area contributed by atoms with Crippen LogP contribution in [0.5, 0.6) is 0 Å². The topological polar surface area (TPSA) is 57.8 Å². The molecule has 4 nitrogen and oxygen atoms in total. The summed E-state index contributed by atoms with van der Waals surface area (Å²) < 4.78 is 0. The molecule has 1 atom stereocenters. The van der Waals surface area contributed by atoms with Gasteiger partial charge in [0.15, 0.2) is 0 Å². The minimum absolute atomic E-state index is 0.0563. The van der Waals surface area contributed by atoms with E-state index in [1.54, 1.807) is 6.20 Å². The van der Waals surface area contributed by atoms with Gasteiger partial charge in [-0.3, -0.25) is 4.79 Å². The highest BCUT2D eigenvalue weighted by atomic mass is 16.1. The Hall–Kier alpha value is -1.16. The first-order valence-corrected chi connectivity index (χ1v) is 5.12. The lowest BCUT2D eigenvalue weighted by Gasteiger charge is -2.12. The highest BCUT2D eigenvalue weighted by Crippen LogP contribution is 2.18. The first kappa shape index (κ1) is 9.40. The van der Waals surface area contributed by atoms with Crippen LogP contribution in [-0.2, 0) is 0 Å². The molecule has 1 fully saturated rings. The van der Waals surface area contributed by atoms with Crippen LogP contribution in [0.4, 0.5) is 0 Å². The van der Waals surface area contributed by atoms with E-state index in [-0.39, 0.29) is 5.56 Å². The Kier molecular flexibility index (Phi) is 2.93. The zero-order chi connectivity index (χ0) is 9.80. The first-order valence-electron chi connectivity index (χ1n) is 5.12. The van der Waals surface area contributed by atoms with E-state index in [0.717, 1.165) is 25.3 Å². The zero-order valence-corrected chi connectivity index (χ0v) is 8.12. The maximum absolute atomic E-state index is 11.1. The van der Waals surface area contributed by atoms with Crippen LogP contribution in [0, 0.1) is 0 Å². The largest absolute Gasteiger partial charge is 0.316 e. The predicted molar refractivity (Wildman–Crippen MR) is 54.3 cm³/mol. The molecule has 0 spiro atoms. The van der Waals surface area contributed by atoms with E-state index in [1.807, 2.05) is 0 Å². The summed E-state index contributed by atoms with van der Waals surface area (Å²) in [4.78, 5) is 18.1. The molecule has 0 amide bonds. The second-order valence-corrected chi connectivity index (χ2v) is 3.72. The number of nitrogens with one attached hydrogen (secondary N) is 2. The van der Waals surface area contributed by atoms with Crippen LogP contribution in [0.3, 0.4) is 0 Å². The van der Waals surface area contributed by atoms with Crippen LogP contribution in [0.2, 0.25) is 0 Å². The van der Waals surface area contributed by atoms with E-state index in [9.17, 15) is 4.79 Å². The molecule has 1 saturated heterocycles. The van der Waals surface area contributed by atoms with Crippen molar-refractivity contribution < 1.29 is 0 Å². The molecule has 4 heteroatoms. The lowest BCUT2D eigenvalue weighted by molar-refractivity contribution is 0.575. The van der Waals surface area contributed by atoms with Crippen LogP contribution >= 0.6 is 0 Å². The van der Waals surface area contributed by atoms with Crippen molar-refractivity contribution in [1.29, 1.82) is 0 Å². The second kappa shape index (κ2) is 4.37. The van der Waals surface area contributed by atoms with Crippen molar-refractivity contribution >= 4 is 0 Å². The number of hydrogen-bond donors (Lipinski definition) is 2. The maximum atomic E-state index is 11.1. The fraction of sp³-hybridized carbons (Fsp3) is 0.600. The van der Waals surface area contributed by atoms with E-state index in [0.29, 0.717) is 5.92 Å². The van der Waals surface area contributed by atoms with Crippen molar-refractivity contribution in [3.8, 4) is 0 Å². The molecule has 2 heterocycles. The molecule has 1 aliphatic heterocycles. The van der Waals surface area contributed by atoms with Gasteiger partial charge >= 0.3 is 0 Å². The molecule has 0 aromatic carbocycles. The summed E-state index contributed by atoms with van der Waals surface area (Å²) in [6, 6.07) is 1.45. The summed E-state index contributed by atoms with van der Waals surface area (Å²) in [5.74, 6) is 1.19. The Balaban J connectivity index is 2.16. The normalized spacial score (nSPS) is 23.0. The molecule has 14 heavy (non-hydrogen) atoms. The summed E-state index contributed by atoms with van der Waals surface area (Å²) >= 11 is 0. The van der Waals surface area contributed by atoms with Crippen LogP contribution in [0.15, 0.2) is 17.1 Å². The monoisotopic (exact) mass is 193 g/mol. The summed E-state index contributed by atoms with van der Waals surface area (Å²) in [7, 11) is 0. The highest BCUT2D eigenvalue weighted by molar-refractivity contribution is 4.98. The lowest BCUT2D eigenvalue weighted by atomic mass is 10.0. The third kappa shape index (κ3) is 2.20. The molecule has 1 aromatic rings. The number of nitrogens with zero attached hydrogens (tertiary/aromatic N) is 1. The van der Waals surface area contributed by atoms with Gasteiger partial charge in [-0.15, -0.1) is 0 Å². The van der Waals surface area contributed by atoms with Gasteiger partial charge in [0, 0.05) is 24.7 Å². The highest BCUT2D eigenvalue weighted by Gasteiger charge is 2.15. The van der Waals surface area contributed by atoms with Crippen molar-refractivity contribution in [2.75, 3.05) is 13.1 Å². The maximum Gasteiger partial charge on any atom is 0.250 e. The Bertz CT molecular complexity index is 339. The molecular formula is C10H15N3O. The van der Waals surface area contributed by atoms with Gasteiger partial charge < -0.3 is 10.3 Å². The average Bonchev–Trinajstić information content (AvgIpc) is 2.45. The van der Waals surface area contributed by atoms with Crippen molar-refractivity contribution in [2.24, 2.45) is 0 Å². The summed E-state index contributed by atoms with van der Waals surface area (Å²) in [5.41, 5.74) is -0.0563. The van der Waals surface area contributed by atoms with Gasteiger partial charge in [-0.1, -0.05) is 6.42 Å². The van der Waals surface area contributed by atoms with Gasteiger partial charge in [0.25, 0.3) is 5.56 Å². The molecule has 2 rings (SSSR count). The van der Waals surface area contributed by atoms with Gasteiger partial charge in [-0.25, -0.2) is 4.98 Å². The van der Waals surface area contributed by atoms with Crippen molar-refractivity contribution in [3.63, 3.8) is 0 Å². The van der Waals surface area contributed by atoms with Crippen molar-refractivity contribution in [1.82, 2.24) is 15.3 Å². The number of aromatic nitrogens is 2.